The third-order valence-corrected chi connectivity index (χ3v) is 5.33. The Morgan fingerprint density at radius 2 is 1.76 bits per heavy atom. The van der Waals surface area contributed by atoms with Crippen molar-refractivity contribution in [2.45, 2.75) is 52.0 Å². The van der Waals surface area contributed by atoms with Gasteiger partial charge < -0.3 is 15.0 Å². The summed E-state index contributed by atoms with van der Waals surface area (Å²) < 4.78 is 4.98. The first-order chi connectivity index (χ1) is 14.1. The van der Waals surface area contributed by atoms with E-state index in [2.05, 4.69) is 36.5 Å². The van der Waals surface area contributed by atoms with Gasteiger partial charge in [0, 0.05) is 12.2 Å². The van der Waals surface area contributed by atoms with Crippen LogP contribution in [-0.2, 0) is 16.0 Å². The molecule has 5 heteroatoms. The Hall–Kier alpha value is -2.82. The molecule has 0 saturated carbocycles. The second kappa shape index (κ2) is 10.1. The van der Waals surface area contributed by atoms with Crippen LogP contribution >= 0.6 is 0 Å². The molecule has 1 N–H and O–H groups in total. The molecule has 1 aliphatic heterocycles. The topological polar surface area (TPSA) is 58.6 Å². The average molecular weight is 395 g/mol. The molecule has 0 bridgehead atoms. The van der Waals surface area contributed by atoms with Crippen molar-refractivity contribution in [1.29, 1.82) is 0 Å². The van der Waals surface area contributed by atoms with Crippen LogP contribution in [0.4, 0.5) is 10.5 Å². The Bertz CT molecular complexity index is 815. The van der Waals surface area contributed by atoms with Crippen LogP contribution in [0.25, 0.3) is 0 Å². The zero-order valence-corrected chi connectivity index (χ0v) is 17.3. The lowest BCUT2D eigenvalue weighted by Crippen LogP contribution is -2.38. The molecule has 5 nitrogen and oxygen atoms in total. The van der Waals surface area contributed by atoms with Gasteiger partial charge in [-0.1, -0.05) is 54.8 Å². The predicted octanol–water partition coefficient (Wildman–Crippen LogP) is 5.25. The number of ether oxygens (including phenoxy) is 1. The van der Waals surface area contributed by atoms with Crippen LogP contribution in [0.1, 0.15) is 55.3 Å². The zero-order valence-electron chi connectivity index (χ0n) is 17.3. The van der Waals surface area contributed by atoms with Crippen molar-refractivity contribution in [2.24, 2.45) is 0 Å². The van der Waals surface area contributed by atoms with Crippen LogP contribution in [0.2, 0.25) is 0 Å². The maximum atomic E-state index is 13.1. The number of hydrogen-bond donors (Lipinski definition) is 1. The molecule has 2 aromatic rings. The van der Waals surface area contributed by atoms with Gasteiger partial charge in [-0.15, -0.1) is 0 Å². The lowest BCUT2D eigenvalue weighted by atomic mass is 10.00. The molecule has 1 heterocycles. The average Bonchev–Trinajstić information content (AvgIpc) is 2.96. The highest BCUT2D eigenvalue weighted by molar-refractivity contribution is 5.89. The second-order valence-electron chi connectivity index (χ2n) is 7.58. The van der Waals surface area contributed by atoms with Crippen molar-refractivity contribution in [1.82, 2.24) is 4.90 Å². The summed E-state index contributed by atoms with van der Waals surface area (Å²) in [5, 5.41) is 3.03. The molecule has 0 aromatic heterocycles. The van der Waals surface area contributed by atoms with Crippen molar-refractivity contribution in [3.63, 3.8) is 0 Å². The number of esters is 1. The van der Waals surface area contributed by atoms with Crippen LogP contribution in [0.15, 0.2) is 48.5 Å². The minimum Gasteiger partial charge on any atom is -0.466 e. The van der Waals surface area contributed by atoms with Gasteiger partial charge in [0.25, 0.3) is 0 Å². The van der Waals surface area contributed by atoms with Gasteiger partial charge in [0.15, 0.2) is 0 Å². The van der Waals surface area contributed by atoms with Crippen LogP contribution in [0.5, 0.6) is 0 Å². The van der Waals surface area contributed by atoms with Gasteiger partial charge in [-0.25, -0.2) is 4.79 Å². The first-order valence-corrected chi connectivity index (χ1v) is 10.5. The lowest BCUT2D eigenvalue weighted by molar-refractivity contribution is -0.142. The molecule has 29 heavy (non-hydrogen) atoms. The van der Waals surface area contributed by atoms with Crippen molar-refractivity contribution >= 4 is 17.7 Å². The highest BCUT2D eigenvalue weighted by Crippen LogP contribution is 2.31. The number of urea groups is 1. The summed E-state index contributed by atoms with van der Waals surface area (Å²) in [5.41, 5.74) is 4.02. The van der Waals surface area contributed by atoms with E-state index in [4.69, 9.17) is 4.74 Å². The van der Waals surface area contributed by atoms with Crippen molar-refractivity contribution in [2.75, 3.05) is 18.5 Å². The van der Waals surface area contributed by atoms with Gasteiger partial charge in [-0.2, -0.15) is 0 Å². The van der Waals surface area contributed by atoms with Crippen LogP contribution < -0.4 is 5.32 Å². The Labute approximate surface area is 173 Å². The number of carbonyl (C=O) groups excluding carboxylic acids is 2. The quantitative estimate of drug-likeness (QED) is 0.705. The smallest absolute Gasteiger partial charge is 0.322 e. The molecule has 154 valence electrons. The summed E-state index contributed by atoms with van der Waals surface area (Å²) in [6.45, 7) is 5.01. The lowest BCUT2D eigenvalue weighted by Gasteiger charge is -2.30. The Kier molecular flexibility index (Phi) is 7.28. The number of aryl methyl sites for hydroxylation is 1. The molecule has 1 atom stereocenters. The number of nitrogens with zero attached hydrogens (tertiary/aromatic N) is 1. The molecule has 3 rings (SSSR count). The highest BCUT2D eigenvalue weighted by Gasteiger charge is 2.26. The van der Waals surface area contributed by atoms with E-state index in [1.165, 1.54) is 11.1 Å². The first-order valence-electron chi connectivity index (χ1n) is 10.5. The number of anilines is 1. The van der Waals surface area contributed by atoms with E-state index in [0.29, 0.717) is 6.61 Å². The molecule has 0 spiro atoms. The maximum Gasteiger partial charge on any atom is 0.322 e. The fourth-order valence-electron chi connectivity index (χ4n) is 3.77. The summed E-state index contributed by atoms with van der Waals surface area (Å²) in [4.78, 5) is 26.6. The van der Waals surface area contributed by atoms with Gasteiger partial charge in [-0.05, 0) is 49.9 Å². The van der Waals surface area contributed by atoms with Crippen molar-refractivity contribution in [3.05, 3.63) is 65.2 Å². The summed E-state index contributed by atoms with van der Waals surface area (Å²) in [5.74, 6) is -0.241. The minimum absolute atomic E-state index is 0.0735. The highest BCUT2D eigenvalue weighted by atomic mass is 16.5. The molecule has 0 radical (unpaired) electrons. The van der Waals surface area contributed by atoms with Crippen molar-refractivity contribution in [3.8, 4) is 0 Å². The molecular formula is C24H30N2O3. The van der Waals surface area contributed by atoms with Crippen molar-refractivity contribution < 1.29 is 14.3 Å². The molecule has 1 aliphatic rings. The zero-order chi connectivity index (χ0) is 20.6. The summed E-state index contributed by atoms with van der Waals surface area (Å²) in [7, 11) is 0. The van der Waals surface area contributed by atoms with Gasteiger partial charge in [-0.3, -0.25) is 4.79 Å². The Balaban J connectivity index is 1.68. The maximum absolute atomic E-state index is 13.1. The van der Waals surface area contributed by atoms with Crippen LogP contribution in [0, 0.1) is 6.92 Å². The van der Waals surface area contributed by atoms with Gasteiger partial charge in [0.05, 0.1) is 19.1 Å². The van der Waals surface area contributed by atoms with Gasteiger partial charge >= 0.3 is 12.0 Å². The summed E-state index contributed by atoms with van der Waals surface area (Å²) in [6, 6.07) is 15.9. The number of amides is 2. The van der Waals surface area contributed by atoms with E-state index in [1.807, 2.05) is 29.2 Å². The first kappa shape index (κ1) is 20.9. The number of benzene rings is 2. The molecule has 2 amide bonds. The molecule has 0 aliphatic carbocycles. The predicted molar refractivity (Wildman–Crippen MR) is 115 cm³/mol. The van der Waals surface area contributed by atoms with E-state index in [0.717, 1.165) is 43.5 Å². The summed E-state index contributed by atoms with van der Waals surface area (Å²) in [6.07, 6.45) is 4.52. The number of rotatable bonds is 5. The fraction of sp³-hybridized carbons (Fsp3) is 0.417. The fourth-order valence-corrected chi connectivity index (χ4v) is 3.77. The van der Waals surface area contributed by atoms with Gasteiger partial charge in [0.1, 0.15) is 0 Å². The Morgan fingerprint density at radius 3 is 2.45 bits per heavy atom. The van der Waals surface area contributed by atoms with E-state index in [9.17, 15) is 9.59 Å². The normalized spacial score (nSPS) is 16.8. The van der Waals surface area contributed by atoms with E-state index >= 15 is 0 Å². The third-order valence-electron chi connectivity index (χ3n) is 5.33. The van der Waals surface area contributed by atoms with Crippen LogP contribution in [-0.4, -0.2) is 30.1 Å². The molecule has 1 saturated heterocycles. The standard InChI is InChI=1S/C24H30N2O3/c1-3-29-23(27)17-19-10-14-21(15-11-19)25-24(28)26-16-6-4-5-7-22(26)20-12-8-18(2)9-13-20/h8-15,22H,3-7,16-17H2,1-2H3,(H,25,28)/t22-/m0/s1. The molecule has 2 aromatic carbocycles. The minimum atomic E-state index is -0.241. The van der Waals surface area contributed by atoms with Crippen LogP contribution in [0.3, 0.4) is 0 Å². The number of carbonyl (C=O) groups is 2. The molecule has 0 unspecified atom stereocenters. The monoisotopic (exact) mass is 394 g/mol. The van der Waals surface area contributed by atoms with E-state index < -0.39 is 0 Å². The second-order valence-corrected chi connectivity index (χ2v) is 7.58. The third kappa shape index (κ3) is 5.83. The number of likely N-dealkylation sites (tertiary alicyclic amines) is 1. The molecular weight excluding hydrogens is 364 g/mol. The number of nitrogens with one attached hydrogen (secondary N) is 1. The van der Waals surface area contributed by atoms with E-state index in [1.54, 1.807) is 6.92 Å². The summed E-state index contributed by atoms with van der Waals surface area (Å²) >= 11 is 0. The van der Waals surface area contributed by atoms with Gasteiger partial charge in [0.2, 0.25) is 0 Å². The molecule has 1 fully saturated rings. The number of hydrogen-bond acceptors (Lipinski definition) is 3. The Morgan fingerprint density at radius 1 is 1.03 bits per heavy atom. The van der Waals surface area contributed by atoms with E-state index in [-0.39, 0.29) is 24.5 Å². The largest absolute Gasteiger partial charge is 0.466 e. The SMILES string of the molecule is CCOC(=O)Cc1ccc(NC(=O)N2CCCCC[C@H]2c2ccc(C)cc2)cc1.